The molecule has 0 saturated carbocycles. The minimum absolute atomic E-state index is 0.383. The predicted molar refractivity (Wildman–Crippen MR) is 82.2 cm³/mol. The van der Waals surface area contributed by atoms with E-state index in [0.29, 0.717) is 18.0 Å². The van der Waals surface area contributed by atoms with Gasteiger partial charge in [-0.2, -0.15) is 0 Å². The van der Waals surface area contributed by atoms with Gasteiger partial charge in [0.25, 0.3) is 0 Å². The smallest absolute Gasteiger partial charge is 0.0470 e. The molecule has 1 fully saturated rings. The molecule has 2 nitrogen and oxygen atoms in total. The first-order chi connectivity index (χ1) is 9.02. The summed E-state index contributed by atoms with van der Waals surface area (Å²) in [7, 11) is 0. The summed E-state index contributed by atoms with van der Waals surface area (Å²) in [5.41, 5.74) is 9.25. The zero-order valence-corrected chi connectivity index (χ0v) is 12.7. The molecule has 2 heteroatoms. The Morgan fingerprint density at radius 1 is 1.26 bits per heavy atom. The van der Waals surface area contributed by atoms with Crippen molar-refractivity contribution in [3.8, 4) is 0 Å². The van der Waals surface area contributed by atoms with Crippen LogP contribution in [-0.2, 0) is 0 Å². The van der Waals surface area contributed by atoms with Crippen molar-refractivity contribution in [3.63, 3.8) is 0 Å². The van der Waals surface area contributed by atoms with Crippen LogP contribution in [0.4, 0.5) is 0 Å². The highest BCUT2D eigenvalue weighted by molar-refractivity contribution is 5.25. The number of nitrogens with two attached hydrogens (primary N) is 1. The van der Waals surface area contributed by atoms with E-state index in [-0.39, 0.29) is 0 Å². The van der Waals surface area contributed by atoms with Crippen molar-refractivity contribution >= 4 is 0 Å². The van der Waals surface area contributed by atoms with Crippen molar-refractivity contribution in [2.45, 2.75) is 46.1 Å². The van der Waals surface area contributed by atoms with Crippen molar-refractivity contribution in [1.82, 2.24) is 4.90 Å². The van der Waals surface area contributed by atoms with Gasteiger partial charge >= 0.3 is 0 Å². The Labute approximate surface area is 118 Å². The van der Waals surface area contributed by atoms with Crippen LogP contribution in [0.1, 0.15) is 50.3 Å². The van der Waals surface area contributed by atoms with E-state index in [1.807, 2.05) is 0 Å². The van der Waals surface area contributed by atoms with E-state index in [9.17, 15) is 0 Å². The molecular formula is C17H28N2. The van der Waals surface area contributed by atoms with E-state index in [1.54, 1.807) is 0 Å². The lowest BCUT2D eigenvalue weighted by Crippen LogP contribution is -2.35. The van der Waals surface area contributed by atoms with E-state index < -0.39 is 0 Å². The van der Waals surface area contributed by atoms with Crippen molar-refractivity contribution in [2.24, 2.45) is 11.1 Å². The van der Waals surface area contributed by atoms with Crippen LogP contribution in [0.3, 0.4) is 0 Å². The zero-order valence-electron chi connectivity index (χ0n) is 12.7. The summed E-state index contributed by atoms with van der Waals surface area (Å²) in [6.07, 6.45) is 3.89. The summed E-state index contributed by atoms with van der Waals surface area (Å²) in [6, 6.07) is 9.19. The fraction of sp³-hybridized carbons (Fsp3) is 0.647. The van der Waals surface area contributed by atoms with Gasteiger partial charge in [-0.05, 0) is 50.3 Å². The molecule has 1 saturated heterocycles. The van der Waals surface area contributed by atoms with Crippen molar-refractivity contribution in [1.29, 1.82) is 0 Å². The Morgan fingerprint density at radius 2 is 2.05 bits per heavy atom. The predicted octanol–water partition coefficient (Wildman–Crippen LogP) is 3.51. The first kappa shape index (κ1) is 14.5. The molecule has 19 heavy (non-hydrogen) atoms. The Bertz CT molecular complexity index is 411. The molecule has 1 aliphatic rings. The number of hydrogen-bond donors (Lipinski definition) is 1. The van der Waals surface area contributed by atoms with Crippen LogP contribution in [0.15, 0.2) is 24.3 Å². The Morgan fingerprint density at radius 3 is 2.74 bits per heavy atom. The van der Waals surface area contributed by atoms with Crippen molar-refractivity contribution < 1.29 is 0 Å². The molecule has 1 unspecified atom stereocenters. The molecular weight excluding hydrogens is 232 g/mol. The fourth-order valence-electron chi connectivity index (χ4n) is 3.13. The van der Waals surface area contributed by atoms with Gasteiger partial charge in [0.15, 0.2) is 0 Å². The average molecular weight is 260 g/mol. The lowest BCUT2D eigenvalue weighted by atomic mass is 9.85. The van der Waals surface area contributed by atoms with E-state index in [1.165, 1.54) is 43.5 Å². The molecule has 0 amide bonds. The number of likely N-dealkylation sites (tertiary alicyclic amines) is 1. The van der Waals surface area contributed by atoms with Gasteiger partial charge in [-0.1, -0.05) is 43.7 Å². The first-order valence-corrected chi connectivity index (χ1v) is 7.52. The molecule has 1 aromatic carbocycles. The molecule has 0 aromatic heterocycles. The van der Waals surface area contributed by atoms with Crippen molar-refractivity contribution in [3.05, 3.63) is 35.4 Å². The van der Waals surface area contributed by atoms with Gasteiger partial charge in [0.05, 0.1) is 0 Å². The lowest BCUT2D eigenvalue weighted by molar-refractivity contribution is 0.200. The van der Waals surface area contributed by atoms with Crippen LogP contribution in [0.5, 0.6) is 0 Å². The number of hydrogen-bond acceptors (Lipinski definition) is 2. The molecule has 1 heterocycles. The lowest BCUT2D eigenvalue weighted by Gasteiger charge is -2.31. The van der Waals surface area contributed by atoms with Gasteiger partial charge in [-0.15, -0.1) is 0 Å². The van der Waals surface area contributed by atoms with E-state index in [0.717, 1.165) is 0 Å². The molecule has 0 aliphatic carbocycles. The summed E-state index contributed by atoms with van der Waals surface area (Å²) < 4.78 is 0. The summed E-state index contributed by atoms with van der Waals surface area (Å²) in [5.74, 6) is 0. The average Bonchev–Trinajstić information content (AvgIpc) is 2.52. The van der Waals surface area contributed by atoms with Crippen LogP contribution < -0.4 is 5.73 Å². The highest BCUT2D eigenvalue weighted by Gasteiger charge is 2.27. The van der Waals surface area contributed by atoms with Crippen LogP contribution in [-0.4, -0.2) is 24.5 Å². The molecule has 106 valence electrons. The largest absolute Gasteiger partial charge is 0.329 e. The Kier molecular flexibility index (Phi) is 4.64. The Hall–Kier alpha value is -0.860. The molecule has 0 bridgehead atoms. The third-order valence-electron chi connectivity index (χ3n) is 4.47. The number of aryl methyl sites for hydroxylation is 1. The topological polar surface area (TPSA) is 29.3 Å². The quantitative estimate of drug-likeness (QED) is 0.901. The minimum Gasteiger partial charge on any atom is -0.329 e. The summed E-state index contributed by atoms with van der Waals surface area (Å²) in [4.78, 5) is 2.59. The molecule has 1 aliphatic heterocycles. The third kappa shape index (κ3) is 3.80. The molecule has 1 atom stereocenters. The maximum Gasteiger partial charge on any atom is 0.0470 e. The second-order valence-electron chi connectivity index (χ2n) is 6.72. The van der Waals surface area contributed by atoms with Gasteiger partial charge in [-0.25, -0.2) is 0 Å². The monoisotopic (exact) mass is 260 g/mol. The van der Waals surface area contributed by atoms with Gasteiger partial charge in [0, 0.05) is 12.6 Å². The van der Waals surface area contributed by atoms with Crippen molar-refractivity contribution in [2.75, 3.05) is 19.6 Å². The summed E-state index contributed by atoms with van der Waals surface area (Å²) in [6.45, 7) is 10.00. The maximum atomic E-state index is 6.06. The van der Waals surface area contributed by atoms with Crippen LogP contribution in [0.2, 0.25) is 0 Å². The standard InChI is InChI=1S/C17H28N2/c1-14-6-4-7-15(12-14)16(13-18)19-10-5-8-17(2,3)9-11-19/h4,6-7,12,16H,5,8-11,13,18H2,1-3H3. The second kappa shape index (κ2) is 6.06. The summed E-state index contributed by atoms with van der Waals surface area (Å²) >= 11 is 0. The van der Waals surface area contributed by atoms with E-state index in [4.69, 9.17) is 5.73 Å². The van der Waals surface area contributed by atoms with Gasteiger partial charge in [-0.3, -0.25) is 4.90 Å². The van der Waals surface area contributed by atoms with Crippen LogP contribution in [0.25, 0.3) is 0 Å². The second-order valence-corrected chi connectivity index (χ2v) is 6.72. The number of nitrogens with zero attached hydrogens (tertiary/aromatic N) is 1. The first-order valence-electron chi connectivity index (χ1n) is 7.52. The maximum absolute atomic E-state index is 6.06. The minimum atomic E-state index is 0.383. The van der Waals surface area contributed by atoms with E-state index in [2.05, 4.69) is 49.9 Å². The highest BCUT2D eigenvalue weighted by atomic mass is 15.2. The Balaban J connectivity index is 2.13. The SMILES string of the molecule is Cc1cccc(C(CN)N2CCCC(C)(C)CC2)c1. The number of benzene rings is 1. The summed E-state index contributed by atoms with van der Waals surface area (Å²) in [5, 5.41) is 0. The van der Waals surface area contributed by atoms with Gasteiger partial charge < -0.3 is 5.73 Å². The van der Waals surface area contributed by atoms with Gasteiger partial charge in [0.2, 0.25) is 0 Å². The zero-order chi connectivity index (χ0) is 13.9. The normalized spacial score (nSPS) is 21.9. The molecule has 2 rings (SSSR count). The third-order valence-corrected chi connectivity index (χ3v) is 4.47. The number of rotatable bonds is 3. The van der Waals surface area contributed by atoms with Crippen LogP contribution >= 0.6 is 0 Å². The fourth-order valence-corrected chi connectivity index (χ4v) is 3.13. The molecule has 0 radical (unpaired) electrons. The van der Waals surface area contributed by atoms with Crippen LogP contribution in [0, 0.1) is 12.3 Å². The highest BCUT2D eigenvalue weighted by Crippen LogP contribution is 2.32. The van der Waals surface area contributed by atoms with E-state index >= 15 is 0 Å². The molecule has 2 N–H and O–H groups in total. The molecule has 1 aromatic rings. The molecule has 0 spiro atoms. The van der Waals surface area contributed by atoms with Gasteiger partial charge in [0.1, 0.15) is 0 Å².